The van der Waals surface area contributed by atoms with Gasteiger partial charge in [0.05, 0.1) is 6.04 Å². The molecule has 1 aliphatic carbocycles. The van der Waals surface area contributed by atoms with Crippen LogP contribution in [0.25, 0.3) is 0 Å². The molecule has 6 heteroatoms. The summed E-state index contributed by atoms with van der Waals surface area (Å²) in [6.07, 6.45) is 3.82. The zero-order valence-electron chi connectivity index (χ0n) is 18.4. The van der Waals surface area contributed by atoms with Gasteiger partial charge in [-0.3, -0.25) is 14.3 Å². The predicted molar refractivity (Wildman–Crippen MR) is 122 cm³/mol. The number of nitrogens with zero attached hydrogens (tertiary/aromatic N) is 3. The lowest BCUT2D eigenvalue weighted by molar-refractivity contribution is 0.0745. The number of nitrogens with one attached hydrogen (secondary N) is 1. The minimum absolute atomic E-state index is 0.0116. The van der Waals surface area contributed by atoms with E-state index in [-0.39, 0.29) is 17.9 Å². The zero-order chi connectivity index (χ0) is 22.1. The Bertz CT molecular complexity index is 1170. The molecule has 2 aliphatic rings. The first kappa shape index (κ1) is 20.5. The number of hydrogen-bond donors (Lipinski definition) is 1. The van der Waals surface area contributed by atoms with Crippen LogP contribution in [-0.2, 0) is 19.5 Å². The van der Waals surface area contributed by atoms with Gasteiger partial charge in [-0.1, -0.05) is 54.1 Å². The number of rotatable bonds is 4. The van der Waals surface area contributed by atoms with Gasteiger partial charge in [-0.05, 0) is 49.3 Å². The van der Waals surface area contributed by atoms with Crippen molar-refractivity contribution in [2.24, 2.45) is 0 Å². The summed E-state index contributed by atoms with van der Waals surface area (Å²) in [5, 5.41) is 7.64. The number of carbonyl (C=O) groups excluding carboxylic acids is 2. The summed E-state index contributed by atoms with van der Waals surface area (Å²) < 4.78 is 1.70. The number of benzene rings is 2. The smallest absolute Gasteiger partial charge is 0.272 e. The molecular weight excluding hydrogens is 400 g/mol. The monoisotopic (exact) mass is 428 g/mol. The molecule has 2 amide bonds. The van der Waals surface area contributed by atoms with E-state index >= 15 is 0 Å². The lowest BCUT2D eigenvalue weighted by Crippen LogP contribution is -2.31. The normalized spacial score (nSPS) is 18.0. The van der Waals surface area contributed by atoms with Crippen molar-refractivity contribution < 1.29 is 9.59 Å². The van der Waals surface area contributed by atoms with Gasteiger partial charge in [0, 0.05) is 25.7 Å². The fraction of sp³-hybridized carbons (Fsp3) is 0.346. The Balaban J connectivity index is 1.34. The molecule has 0 fully saturated rings. The summed E-state index contributed by atoms with van der Waals surface area (Å²) in [7, 11) is 0. The molecule has 2 aromatic carbocycles. The van der Waals surface area contributed by atoms with E-state index < -0.39 is 0 Å². The average Bonchev–Trinajstić information content (AvgIpc) is 3.17. The summed E-state index contributed by atoms with van der Waals surface area (Å²) in [6.45, 7) is 3.92. The lowest BCUT2D eigenvalue weighted by Gasteiger charge is -2.26. The van der Waals surface area contributed by atoms with Crippen LogP contribution >= 0.6 is 0 Å². The van der Waals surface area contributed by atoms with Crippen LogP contribution in [0.15, 0.2) is 54.6 Å². The van der Waals surface area contributed by atoms with Crippen LogP contribution in [0.2, 0.25) is 0 Å². The summed E-state index contributed by atoms with van der Waals surface area (Å²) in [5.41, 5.74) is 5.58. The van der Waals surface area contributed by atoms with Gasteiger partial charge in [-0.2, -0.15) is 5.10 Å². The van der Waals surface area contributed by atoms with Crippen molar-refractivity contribution in [3.05, 3.63) is 88.2 Å². The van der Waals surface area contributed by atoms with Crippen molar-refractivity contribution in [3.8, 4) is 0 Å². The minimum Gasteiger partial charge on any atom is -0.344 e. The molecule has 2 heterocycles. The van der Waals surface area contributed by atoms with Gasteiger partial charge in [-0.25, -0.2) is 0 Å². The van der Waals surface area contributed by atoms with Gasteiger partial charge in [-0.15, -0.1) is 0 Å². The first-order valence-electron chi connectivity index (χ1n) is 11.4. The van der Waals surface area contributed by atoms with Crippen molar-refractivity contribution >= 4 is 11.8 Å². The number of aryl methyl sites for hydroxylation is 3. The standard InChI is InChI=1S/C26H28N4O2/c1-18-7-4-8-19(15-18)17-29-13-6-14-30-24(26(29)32)16-23(28-30)25(31)27-22-12-5-10-20-9-2-3-11-21(20)22/h2-4,7-9,11,15-16,22H,5-6,10,12-14,17H2,1H3,(H,27,31). The van der Waals surface area contributed by atoms with E-state index in [1.54, 1.807) is 10.7 Å². The molecule has 6 nitrogen and oxygen atoms in total. The van der Waals surface area contributed by atoms with Gasteiger partial charge >= 0.3 is 0 Å². The largest absolute Gasteiger partial charge is 0.344 e. The number of amides is 2. The van der Waals surface area contributed by atoms with Crippen LogP contribution in [0.1, 0.15) is 68.5 Å². The van der Waals surface area contributed by atoms with Gasteiger partial charge < -0.3 is 10.2 Å². The van der Waals surface area contributed by atoms with Gasteiger partial charge in [0.25, 0.3) is 11.8 Å². The summed E-state index contributed by atoms with van der Waals surface area (Å²) in [4.78, 5) is 28.1. The lowest BCUT2D eigenvalue weighted by atomic mass is 9.87. The first-order valence-corrected chi connectivity index (χ1v) is 11.4. The maximum atomic E-state index is 13.2. The van der Waals surface area contributed by atoms with Crippen molar-refractivity contribution in [2.75, 3.05) is 6.54 Å². The molecule has 0 saturated heterocycles. The molecule has 0 spiro atoms. The highest BCUT2D eigenvalue weighted by molar-refractivity contribution is 5.98. The number of fused-ring (bicyclic) bond motifs is 2. The molecule has 0 radical (unpaired) electrons. The van der Waals surface area contributed by atoms with Crippen LogP contribution in [0.3, 0.4) is 0 Å². The van der Waals surface area contributed by atoms with Gasteiger partial charge in [0.15, 0.2) is 5.69 Å². The van der Waals surface area contributed by atoms with Crippen molar-refractivity contribution in [1.29, 1.82) is 0 Å². The Kier molecular flexibility index (Phi) is 5.52. The third-order valence-electron chi connectivity index (χ3n) is 6.45. The molecule has 3 aromatic rings. The highest BCUT2D eigenvalue weighted by Gasteiger charge is 2.28. The Labute approximate surface area is 188 Å². The topological polar surface area (TPSA) is 67.2 Å². The van der Waals surface area contributed by atoms with E-state index in [2.05, 4.69) is 41.6 Å². The Morgan fingerprint density at radius 2 is 1.97 bits per heavy atom. The van der Waals surface area contributed by atoms with E-state index in [0.29, 0.717) is 31.0 Å². The second-order valence-corrected chi connectivity index (χ2v) is 8.82. The second-order valence-electron chi connectivity index (χ2n) is 8.82. The van der Waals surface area contributed by atoms with Crippen LogP contribution < -0.4 is 5.32 Å². The first-order chi connectivity index (χ1) is 15.6. The molecule has 0 saturated carbocycles. The minimum atomic E-state index is -0.217. The molecule has 1 aliphatic heterocycles. The Morgan fingerprint density at radius 3 is 2.84 bits per heavy atom. The van der Waals surface area contributed by atoms with Crippen LogP contribution in [0.5, 0.6) is 0 Å². The van der Waals surface area contributed by atoms with Crippen molar-refractivity contribution in [1.82, 2.24) is 20.0 Å². The van der Waals surface area contributed by atoms with E-state index in [1.807, 2.05) is 29.2 Å². The molecule has 0 bridgehead atoms. The fourth-order valence-electron chi connectivity index (χ4n) is 4.86. The van der Waals surface area contributed by atoms with E-state index in [9.17, 15) is 9.59 Å². The third kappa shape index (κ3) is 4.05. The highest BCUT2D eigenvalue weighted by Crippen LogP contribution is 2.29. The molecule has 1 unspecified atom stereocenters. The maximum Gasteiger partial charge on any atom is 0.272 e. The van der Waals surface area contributed by atoms with E-state index in [4.69, 9.17) is 0 Å². The molecule has 1 aromatic heterocycles. The van der Waals surface area contributed by atoms with Crippen LogP contribution in [0, 0.1) is 6.92 Å². The molecule has 164 valence electrons. The molecule has 5 rings (SSSR count). The summed E-state index contributed by atoms with van der Waals surface area (Å²) in [6, 6.07) is 18.2. The van der Waals surface area contributed by atoms with Gasteiger partial charge in [0.2, 0.25) is 0 Å². The molecule has 1 N–H and O–H groups in total. The Hall–Kier alpha value is -3.41. The molecular formula is C26H28N4O2. The summed E-state index contributed by atoms with van der Waals surface area (Å²) >= 11 is 0. The molecule has 32 heavy (non-hydrogen) atoms. The SMILES string of the molecule is Cc1cccc(CN2CCCn3nc(C(=O)NC4CCCc5ccccc54)cc3C2=O)c1. The van der Waals surface area contributed by atoms with Crippen LogP contribution in [0.4, 0.5) is 0 Å². The number of hydrogen-bond acceptors (Lipinski definition) is 3. The molecule has 1 atom stereocenters. The zero-order valence-corrected chi connectivity index (χ0v) is 18.4. The number of aromatic nitrogens is 2. The van der Waals surface area contributed by atoms with E-state index in [1.165, 1.54) is 16.7 Å². The van der Waals surface area contributed by atoms with Crippen LogP contribution in [-0.4, -0.2) is 33.0 Å². The highest BCUT2D eigenvalue weighted by atomic mass is 16.2. The predicted octanol–water partition coefficient (Wildman–Crippen LogP) is 4.05. The van der Waals surface area contributed by atoms with Crippen molar-refractivity contribution in [2.45, 2.75) is 51.7 Å². The third-order valence-corrected chi connectivity index (χ3v) is 6.45. The average molecular weight is 429 g/mol. The van der Waals surface area contributed by atoms with Crippen molar-refractivity contribution in [3.63, 3.8) is 0 Å². The second kappa shape index (κ2) is 8.61. The summed E-state index contributed by atoms with van der Waals surface area (Å²) in [5.74, 6) is -0.288. The fourth-order valence-corrected chi connectivity index (χ4v) is 4.86. The van der Waals surface area contributed by atoms with E-state index in [0.717, 1.165) is 31.2 Å². The maximum absolute atomic E-state index is 13.2. The van der Waals surface area contributed by atoms with Gasteiger partial charge in [0.1, 0.15) is 5.69 Å². The number of carbonyl (C=O) groups is 2. The Morgan fingerprint density at radius 1 is 1.09 bits per heavy atom. The quantitative estimate of drug-likeness (QED) is 0.682.